The van der Waals surface area contributed by atoms with Gasteiger partial charge in [0.2, 0.25) is 0 Å². The van der Waals surface area contributed by atoms with Crippen molar-refractivity contribution in [3.05, 3.63) is 88.0 Å². The summed E-state index contributed by atoms with van der Waals surface area (Å²) in [5.41, 5.74) is 4.48. The van der Waals surface area contributed by atoms with Crippen molar-refractivity contribution in [3.8, 4) is 11.4 Å². The first-order chi connectivity index (χ1) is 13.1. The van der Waals surface area contributed by atoms with Crippen LogP contribution in [0, 0.1) is 6.92 Å². The smallest absolute Gasteiger partial charge is 0.259 e. The number of pyridine rings is 1. The number of aliphatic hydroxyl groups is 1. The average Bonchev–Trinajstić information content (AvgIpc) is 3.24. The zero-order chi connectivity index (χ0) is 18.5. The van der Waals surface area contributed by atoms with Crippen LogP contribution < -0.4 is 5.56 Å². The molecule has 0 aliphatic heterocycles. The maximum atomic E-state index is 12.7. The molecule has 0 saturated heterocycles. The molecule has 5 nitrogen and oxygen atoms in total. The molecule has 134 valence electrons. The number of nitrogens with zero attached hydrogens (tertiary/aromatic N) is 2. The molecule has 0 saturated carbocycles. The Hall–Kier alpha value is -3.18. The fourth-order valence-electron chi connectivity index (χ4n) is 4.13. The Morgan fingerprint density at radius 1 is 1.19 bits per heavy atom. The van der Waals surface area contributed by atoms with Crippen molar-refractivity contribution in [2.75, 3.05) is 0 Å². The van der Waals surface area contributed by atoms with Gasteiger partial charge in [-0.3, -0.25) is 4.79 Å². The van der Waals surface area contributed by atoms with Crippen molar-refractivity contribution in [3.63, 3.8) is 0 Å². The molecule has 0 bridgehead atoms. The van der Waals surface area contributed by atoms with Gasteiger partial charge in [0.15, 0.2) is 0 Å². The monoisotopic (exact) mass is 357 g/mol. The van der Waals surface area contributed by atoms with Gasteiger partial charge in [-0.15, -0.1) is 0 Å². The number of fused-ring (bicyclic) bond motifs is 2. The van der Waals surface area contributed by atoms with Gasteiger partial charge >= 0.3 is 0 Å². The van der Waals surface area contributed by atoms with Gasteiger partial charge in [-0.1, -0.05) is 35.9 Å². The Labute approximate surface area is 155 Å². The van der Waals surface area contributed by atoms with Crippen molar-refractivity contribution in [1.82, 2.24) is 14.5 Å². The van der Waals surface area contributed by atoms with E-state index in [2.05, 4.69) is 9.97 Å². The van der Waals surface area contributed by atoms with Crippen LogP contribution >= 0.6 is 0 Å². The van der Waals surface area contributed by atoms with Gasteiger partial charge in [0.05, 0.1) is 17.7 Å². The third-order valence-corrected chi connectivity index (χ3v) is 5.38. The first kappa shape index (κ1) is 16.0. The third-order valence-electron chi connectivity index (χ3n) is 5.38. The molecule has 0 radical (unpaired) electrons. The lowest BCUT2D eigenvalue weighted by Gasteiger charge is -2.20. The topological polar surface area (TPSA) is 70.9 Å². The molecule has 2 aromatic heterocycles. The highest BCUT2D eigenvalue weighted by Crippen LogP contribution is 2.36. The van der Waals surface area contributed by atoms with Gasteiger partial charge in [-0.05, 0) is 41.6 Å². The Kier molecular flexibility index (Phi) is 3.52. The second-order valence-electron chi connectivity index (χ2n) is 7.18. The minimum absolute atomic E-state index is 0.181. The van der Waals surface area contributed by atoms with Crippen molar-refractivity contribution in [2.45, 2.75) is 25.5 Å². The number of nitrogens with one attached hydrogen (secondary N) is 1. The lowest BCUT2D eigenvalue weighted by atomic mass is 10.1. The summed E-state index contributed by atoms with van der Waals surface area (Å²) in [5, 5.41) is 11.7. The number of benzene rings is 2. The van der Waals surface area contributed by atoms with Crippen LogP contribution in [0.1, 0.15) is 22.7 Å². The molecule has 5 heteroatoms. The molecule has 27 heavy (non-hydrogen) atoms. The summed E-state index contributed by atoms with van der Waals surface area (Å²) in [4.78, 5) is 20.2. The zero-order valence-corrected chi connectivity index (χ0v) is 14.9. The molecule has 0 amide bonds. The number of aromatic nitrogens is 3. The highest BCUT2D eigenvalue weighted by atomic mass is 16.3. The lowest BCUT2D eigenvalue weighted by Crippen LogP contribution is -2.22. The number of rotatable bonds is 2. The number of hydrogen-bond acceptors (Lipinski definition) is 3. The molecular formula is C22H19N3O2. The molecule has 2 atom stereocenters. The Balaban J connectivity index is 1.69. The molecule has 2 heterocycles. The summed E-state index contributed by atoms with van der Waals surface area (Å²) < 4.78 is 1.92. The van der Waals surface area contributed by atoms with E-state index in [-0.39, 0.29) is 11.6 Å². The standard InChI is InChI=1S/C22H19N3O2/c1-13-6-7-18-15(10-13)11-17(22(27)24-18)21-23-8-9-25(21)20-16-5-3-2-4-14(16)12-19(20)26/h2-11,19-20,26H,12H2,1H3,(H,24,27)/t19-,20+/m1/s1. The molecular weight excluding hydrogens is 338 g/mol. The van der Waals surface area contributed by atoms with E-state index < -0.39 is 6.10 Å². The first-order valence-corrected chi connectivity index (χ1v) is 9.04. The fourth-order valence-corrected chi connectivity index (χ4v) is 4.13. The highest BCUT2D eigenvalue weighted by molar-refractivity contribution is 5.83. The zero-order valence-electron chi connectivity index (χ0n) is 14.9. The lowest BCUT2D eigenvalue weighted by molar-refractivity contribution is 0.145. The average molecular weight is 357 g/mol. The van der Waals surface area contributed by atoms with Crippen molar-refractivity contribution < 1.29 is 5.11 Å². The normalized spacial score (nSPS) is 18.7. The molecule has 4 aromatic rings. The highest BCUT2D eigenvalue weighted by Gasteiger charge is 2.33. The molecule has 1 aliphatic rings. The van der Waals surface area contributed by atoms with Crippen LogP contribution in [0.2, 0.25) is 0 Å². The fraction of sp³-hybridized carbons (Fsp3) is 0.182. The van der Waals surface area contributed by atoms with E-state index in [0.717, 1.165) is 27.6 Å². The van der Waals surface area contributed by atoms with E-state index >= 15 is 0 Å². The molecule has 2 aromatic carbocycles. The van der Waals surface area contributed by atoms with Gasteiger partial charge in [0, 0.05) is 24.3 Å². The number of aliphatic hydroxyl groups excluding tert-OH is 1. The third kappa shape index (κ3) is 2.51. The van der Waals surface area contributed by atoms with Crippen LogP contribution in [0.15, 0.2) is 65.7 Å². The Morgan fingerprint density at radius 2 is 2.04 bits per heavy atom. The molecule has 5 rings (SSSR count). The number of H-pyrrole nitrogens is 1. The van der Waals surface area contributed by atoms with E-state index in [1.807, 2.05) is 66.2 Å². The van der Waals surface area contributed by atoms with Crippen LogP contribution in [-0.4, -0.2) is 25.7 Å². The maximum absolute atomic E-state index is 12.7. The van der Waals surface area contributed by atoms with E-state index in [1.54, 1.807) is 6.20 Å². The van der Waals surface area contributed by atoms with E-state index in [9.17, 15) is 9.90 Å². The summed E-state index contributed by atoms with van der Waals surface area (Å²) in [5.74, 6) is 0.570. The summed E-state index contributed by atoms with van der Waals surface area (Å²) >= 11 is 0. The molecule has 2 N–H and O–H groups in total. The van der Waals surface area contributed by atoms with Crippen molar-refractivity contribution in [1.29, 1.82) is 0 Å². The quantitative estimate of drug-likeness (QED) is 0.579. The Bertz CT molecular complexity index is 1220. The number of hydrogen-bond donors (Lipinski definition) is 2. The number of aromatic amines is 1. The van der Waals surface area contributed by atoms with Gasteiger partial charge in [0.1, 0.15) is 5.82 Å². The SMILES string of the molecule is Cc1ccc2[nH]c(=O)c(-c3nccn3[C@H]3c4ccccc4C[C@H]3O)cc2c1. The number of aryl methyl sites for hydroxylation is 1. The molecule has 0 unspecified atom stereocenters. The maximum Gasteiger partial charge on any atom is 0.259 e. The summed E-state index contributed by atoms with van der Waals surface area (Å²) in [6.45, 7) is 2.02. The van der Waals surface area contributed by atoms with Gasteiger partial charge in [0.25, 0.3) is 5.56 Å². The van der Waals surface area contributed by atoms with Gasteiger partial charge in [-0.2, -0.15) is 0 Å². The summed E-state index contributed by atoms with van der Waals surface area (Å²) in [7, 11) is 0. The van der Waals surface area contributed by atoms with Crippen LogP contribution in [-0.2, 0) is 6.42 Å². The van der Waals surface area contributed by atoms with Crippen LogP contribution in [0.25, 0.3) is 22.3 Å². The van der Waals surface area contributed by atoms with Gasteiger partial charge < -0.3 is 14.7 Å². The molecule has 0 spiro atoms. The first-order valence-electron chi connectivity index (χ1n) is 9.04. The van der Waals surface area contributed by atoms with Gasteiger partial charge in [-0.25, -0.2) is 4.98 Å². The van der Waals surface area contributed by atoms with E-state index in [4.69, 9.17) is 0 Å². The van der Waals surface area contributed by atoms with Crippen molar-refractivity contribution >= 4 is 10.9 Å². The summed E-state index contributed by atoms with van der Waals surface area (Å²) in [6.07, 6.45) is 3.58. The molecule has 0 fully saturated rings. The second kappa shape index (κ2) is 5.93. The largest absolute Gasteiger partial charge is 0.390 e. The summed E-state index contributed by atoms with van der Waals surface area (Å²) in [6, 6.07) is 15.6. The van der Waals surface area contributed by atoms with Crippen LogP contribution in [0.5, 0.6) is 0 Å². The van der Waals surface area contributed by atoms with Crippen molar-refractivity contribution in [2.24, 2.45) is 0 Å². The predicted octanol–water partition coefficient (Wildman–Crippen LogP) is 3.21. The Morgan fingerprint density at radius 3 is 2.93 bits per heavy atom. The minimum Gasteiger partial charge on any atom is -0.390 e. The van der Waals surface area contributed by atoms with Crippen LogP contribution in [0.3, 0.4) is 0 Å². The minimum atomic E-state index is -0.544. The predicted molar refractivity (Wildman–Crippen MR) is 105 cm³/mol. The van der Waals surface area contributed by atoms with E-state index in [1.165, 1.54) is 0 Å². The van der Waals surface area contributed by atoms with E-state index in [0.29, 0.717) is 17.8 Å². The second-order valence-corrected chi connectivity index (χ2v) is 7.18. The molecule has 1 aliphatic carbocycles. The van der Waals surface area contributed by atoms with Crippen LogP contribution in [0.4, 0.5) is 0 Å². The number of imidazole rings is 1.